The van der Waals surface area contributed by atoms with Crippen molar-refractivity contribution in [2.24, 2.45) is 0 Å². The summed E-state index contributed by atoms with van der Waals surface area (Å²) in [5, 5.41) is 7.71. The molecule has 0 radical (unpaired) electrons. The van der Waals surface area contributed by atoms with Gasteiger partial charge in [0.15, 0.2) is 0 Å². The molecule has 0 saturated heterocycles. The molecule has 3 aromatic heterocycles. The van der Waals surface area contributed by atoms with Crippen LogP contribution < -0.4 is 0 Å². The molecule has 0 aliphatic heterocycles. The van der Waals surface area contributed by atoms with Crippen molar-refractivity contribution in [3.05, 3.63) is 218 Å². The molecule has 0 fully saturated rings. The number of para-hydroxylation sites is 3. The number of benzene rings is 9. The minimum absolute atomic E-state index is 1.16. The van der Waals surface area contributed by atoms with E-state index >= 15 is 0 Å². The first kappa shape index (κ1) is 33.3. The van der Waals surface area contributed by atoms with Crippen molar-refractivity contribution in [2.45, 2.75) is 19.6 Å². The summed E-state index contributed by atoms with van der Waals surface area (Å²) in [7, 11) is -1.98. The number of thiophene rings is 1. The lowest BCUT2D eigenvalue weighted by Crippen LogP contribution is -2.06. The van der Waals surface area contributed by atoms with E-state index < -0.39 is 10.0 Å². The van der Waals surface area contributed by atoms with Crippen LogP contribution in [0.4, 0.5) is 0 Å². The SMILES string of the molecule is c1ccc(-n2c3ccccc3c3ccc(S(c4ccccc4)(c4ccccc4)c4ccc(-n5c6ccccc6c6cc7sc8ccccc8c7cc65)cc4)cc32)cc1. The fraction of sp³-hybridized carbons (Fsp3) is 0. The van der Waals surface area contributed by atoms with Crippen molar-refractivity contribution in [1.29, 1.82) is 0 Å². The average Bonchev–Trinajstić information content (AvgIpc) is 3.94. The van der Waals surface area contributed by atoms with Gasteiger partial charge in [-0.05, 0) is 103 Å². The van der Waals surface area contributed by atoms with Gasteiger partial charge in [-0.1, -0.05) is 115 Å². The maximum absolute atomic E-state index is 2.48. The Bertz CT molecular complexity index is 3450. The van der Waals surface area contributed by atoms with E-state index in [0.717, 1.165) is 11.4 Å². The standard InChI is InChI=1S/C54H36N2S2/c1-4-16-37(17-5-1)55-49-25-13-10-22-43(49)45-33-32-42(34-51(45)55)58(39-18-6-2-7-19-39,40-20-8-3-9-21-40)41-30-28-38(29-31-41)56-50-26-14-11-23-44(50)47-36-54-48(35-52(47)56)46-24-12-15-27-53(46)57-54/h1-36H. The number of fused-ring (bicyclic) bond motifs is 9. The molecule has 0 saturated carbocycles. The lowest BCUT2D eigenvalue weighted by molar-refractivity contribution is 1.16. The molecule has 0 bridgehead atoms. The number of rotatable bonds is 6. The van der Waals surface area contributed by atoms with E-state index in [0.29, 0.717) is 0 Å². The number of nitrogens with zero attached hydrogens (tertiary/aromatic N) is 2. The van der Waals surface area contributed by atoms with Crippen LogP contribution in [-0.2, 0) is 0 Å². The molecule has 0 atom stereocenters. The number of hydrogen-bond donors (Lipinski definition) is 0. The Hall–Kier alpha value is -6.85. The monoisotopic (exact) mass is 776 g/mol. The maximum Gasteiger partial charge on any atom is 0.0552 e. The zero-order valence-electron chi connectivity index (χ0n) is 31.5. The van der Waals surface area contributed by atoms with Crippen LogP contribution in [0.3, 0.4) is 0 Å². The summed E-state index contributed by atoms with van der Waals surface area (Å²) in [6, 6.07) is 81.2. The van der Waals surface area contributed by atoms with Crippen molar-refractivity contribution in [3.8, 4) is 11.4 Å². The summed E-state index contributed by atoms with van der Waals surface area (Å²) in [4.78, 5) is 5.20. The summed E-state index contributed by atoms with van der Waals surface area (Å²) >= 11 is 1.88. The first-order valence-electron chi connectivity index (χ1n) is 19.7. The normalized spacial score (nSPS) is 12.4. The topological polar surface area (TPSA) is 9.86 Å². The molecule has 12 rings (SSSR count). The third-order valence-corrected chi connectivity index (χ3v) is 16.9. The molecule has 0 unspecified atom stereocenters. The van der Waals surface area contributed by atoms with E-state index in [1.165, 1.54) is 83.4 Å². The molecule has 58 heavy (non-hydrogen) atoms. The molecule has 9 aromatic carbocycles. The van der Waals surface area contributed by atoms with Gasteiger partial charge in [0.1, 0.15) is 0 Å². The van der Waals surface area contributed by atoms with Crippen LogP contribution in [0.25, 0.3) is 75.2 Å². The van der Waals surface area contributed by atoms with Gasteiger partial charge >= 0.3 is 0 Å². The predicted molar refractivity (Wildman–Crippen MR) is 248 cm³/mol. The molecule has 4 heteroatoms. The van der Waals surface area contributed by atoms with Crippen LogP contribution in [0.1, 0.15) is 0 Å². The van der Waals surface area contributed by atoms with E-state index in [4.69, 9.17) is 0 Å². The molecule has 274 valence electrons. The van der Waals surface area contributed by atoms with Crippen molar-refractivity contribution >= 4 is 85.1 Å². The summed E-state index contributed by atoms with van der Waals surface area (Å²) in [5.41, 5.74) is 7.19. The fourth-order valence-electron chi connectivity index (χ4n) is 9.33. The highest BCUT2D eigenvalue weighted by Gasteiger charge is 2.34. The number of hydrogen-bond acceptors (Lipinski definition) is 1. The maximum atomic E-state index is 2.48. The number of aromatic nitrogens is 2. The van der Waals surface area contributed by atoms with E-state index in [-0.39, 0.29) is 0 Å². The summed E-state index contributed by atoms with van der Waals surface area (Å²) in [6.07, 6.45) is 0. The third-order valence-electron chi connectivity index (χ3n) is 11.8. The van der Waals surface area contributed by atoms with Gasteiger partial charge in [0.05, 0.1) is 22.1 Å². The first-order valence-corrected chi connectivity index (χ1v) is 22.2. The quantitative estimate of drug-likeness (QED) is 0.159. The second kappa shape index (κ2) is 13.1. The van der Waals surface area contributed by atoms with Crippen LogP contribution in [0.5, 0.6) is 0 Å². The molecule has 12 aromatic rings. The molecule has 0 aliphatic rings. The minimum Gasteiger partial charge on any atom is -0.309 e. The Labute approximate surface area is 341 Å². The molecule has 3 heterocycles. The van der Waals surface area contributed by atoms with Gasteiger partial charge in [-0.2, -0.15) is 0 Å². The van der Waals surface area contributed by atoms with Crippen molar-refractivity contribution < 1.29 is 0 Å². The minimum atomic E-state index is -1.98. The third kappa shape index (κ3) is 4.86. The lowest BCUT2D eigenvalue weighted by Gasteiger charge is -2.42. The summed E-state index contributed by atoms with van der Waals surface area (Å²) in [5.74, 6) is 0. The van der Waals surface area contributed by atoms with Gasteiger partial charge in [-0.3, -0.25) is 0 Å². The van der Waals surface area contributed by atoms with Crippen molar-refractivity contribution in [2.75, 3.05) is 0 Å². The molecular formula is C54H36N2S2. The van der Waals surface area contributed by atoms with Gasteiger partial charge in [0, 0.05) is 72.7 Å². The Morgan fingerprint density at radius 2 is 0.741 bits per heavy atom. The Morgan fingerprint density at radius 3 is 1.40 bits per heavy atom. The Kier molecular flexibility index (Phi) is 7.52. The highest BCUT2D eigenvalue weighted by atomic mass is 32.3. The zero-order chi connectivity index (χ0) is 38.2. The largest absolute Gasteiger partial charge is 0.309 e. The van der Waals surface area contributed by atoms with Gasteiger partial charge in [0.2, 0.25) is 0 Å². The second-order valence-corrected chi connectivity index (χ2v) is 19.1. The first-order chi connectivity index (χ1) is 28.8. The van der Waals surface area contributed by atoms with Crippen molar-refractivity contribution in [3.63, 3.8) is 0 Å². The van der Waals surface area contributed by atoms with Crippen molar-refractivity contribution in [1.82, 2.24) is 9.13 Å². The fourth-order valence-corrected chi connectivity index (χ4v) is 14.3. The highest BCUT2D eigenvalue weighted by Crippen LogP contribution is 2.73. The van der Waals surface area contributed by atoms with Gasteiger partial charge < -0.3 is 9.13 Å². The molecule has 0 amide bonds. The molecule has 0 aliphatic carbocycles. The lowest BCUT2D eigenvalue weighted by atomic mass is 10.1. The van der Waals surface area contributed by atoms with E-state index in [1.807, 2.05) is 11.3 Å². The highest BCUT2D eigenvalue weighted by molar-refractivity contribution is 8.34. The van der Waals surface area contributed by atoms with Gasteiger partial charge in [-0.15, -0.1) is 21.4 Å². The van der Waals surface area contributed by atoms with Crippen LogP contribution in [-0.4, -0.2) is 9.13 Å². The predicted octanol–water partition coefficient (Wildman–Crippen LogP) is 15.6. The van der Waals surface area contributed by atoms with Gasteiger partial charge in [0.25, 0.3) is 0 Å². The molecule has 0 spiro atoms. The summed E-state index contributed by atoms with van der Waals surface area (Å²) < 4.78 is 7.56. The van der Waals surface area contributed by atoms with E-state index in [2.05, 4.69) is 228 Å². The van der Waals surface area contributed by atoms with Crippen LogP contribution in [0.2, 0.25) is 0 Å². The Morgan fingerprint density at radius 1 is 0.276 bits per heavy atom. The second-order valence-electron chi connectivity index (χ2n) is 14.9. The van der Waals surface area contributed by atoms with Gasteiger partial charge in [-0.25, -0.2) is 0 Å². The van der Waals surface area contributed by atoms with E-state index in [9.17, 15) is 0 Å². The molecule has 0 N–H and O–H groups in total. The van der Waals surface area contributed by atoms with Crippen LogP contribution in [0, 0.1) is 0 Å². The van der Waals surface area contributed by atoms with E-state index in [1.54, 1.807) is 0 Å². The molecule has 2 nitrogen and oxygen atoms in total. The molecular weight excluding hydrogens is 741 g/mol. The zero-order valence-corrected chi connectivity index (χ0v) is 33.1. The summed E-state index contributed by atoms with van der Waals surface area (Å²) in [6.45, 7) is 0. The average molecular weight is 777 g/mol. The Balaban J connectivity index is 1.12. The van der Waals surface area contributed by atoms with Crippen LogP contribution in [0.15, 0.2) is 238 Å². The van der Waals surface area contributed by atoms with Crippen LogP contribution >= 0.6 is 21.4 Å². The smallest absolute Gasteiger partial charge is 0.0552 e.